The molecule has 0 saturated heterocycles. The lowest BCUT2D eigenvalue weighted by Gasteiger charge is -2.25. The van der Waals surface area contributed by atoms with Crippen molar-refractivity contribution in [2.45, 2.75) is 38.6 Å². The van der Waals surface area contributed by atoms with Crippen LogP contribution >= 0.6 is 15.9 Å². The average molecular weight is 335 g/mol. The zero-order valence-electron chi connectivity index (χ0n) is 11.6. The Morgan fingerprint density at radius 3 is 3.10 bits per heavy atom. The smallest absolute Gasteiger partial charge is 0.139 e. The fraction of sp³-hybridized carbons (Fsp3) is 0.467. The zero-order chi connectivity index (χ0) is 13.9. The first-order valence-electron chi connectivity index (χ1n) is 7.23. The molecule has 0 radical (unpaired) electrons. The summed E-state index contributed by atoms with van der Waals surface area (Å²) in [5.74, 6) is 1.10. The SMILES string of the molecule is CCCCc1nn2c(c1Br)NCCC2c1ccccn1. The molecule has 3 heterocycles. The second kappa shape index (κ2) is 5.95. The molecule has 0 amide bonds. The number of aryl methyl sites for hydroxylation is 1. The van der Waals surface area contributed by atoms with E-state index in [1.807, 2.05) is 18.3 Å². The molecule has 1 aliphatic rings. The molecule has 106 valence electrons. The fourth-order valence-corrected chi connectivity index (χ4v) is 3.24. The molecule has 1 atom stereocenters. The van der Waals surface area contributed by atoms with Gasteiger partial charge in [0.2, 0.25) is 0 Å². The predicted molar refractivity (Wildman–Crippen MR) is 84.0 cm³/mol. The molecule has 0 bridgehead atoms. The number of aromatic nitrogens is 3. The van der Waals surface area contributed by atoms with Crippen molar-refractivity contribution in [2.75, 3.05) is 11.9 Å². The number of rotatable bonds is 4. The van der Waals surface area contributed by atoms with Crippen LogP contribution in [0.2, 0.25) is 0 Å². The van der Waals surface area contributed by atoms with Crippen molar-refractivity contribution in [3.8, 4) is 0 Å². The van der Waals surface area contributed by atoms with E-state index >= 15 is 0 Å². The third-order valence-corrected chi connectivity index (χ3v) is 4.55. The van der Waals surface area contributed by atoms with Crippen molar-refractivity contribution >= 4 is 21.7 Å². The van der Waals surface area contributed by atoms with E-state index in [1.165, 1.54) is 12.8 Å². The van der Waals surface area contributed by atoms with E-state index in [0.29, 0.717) is 0 Å². The van der Waals surface area contributed by atoms with Gasteiger partial charge in [-0.3, -0.25) is 4.98 Å². The Bertz CT molecular complexity index is 579. The molecule has 2 aromatic heterocycles. The number of fused-ring (bicyclic) bond motifs is 1. The molecule has 20 heavy (non-hydrogen) atoms. The highest BCUT2D eigenvalue weighted by Crippen LogP contribution is 2.35. The summed E-state index contributed by atoms with van der Waals surface area (Å²) >= 11 is 3.70. The first kappa shape index (κ1) is 13.6. The highest BCUT2D eigenvalue weighted by Gasteiger charge is 2.26. The van der Waals surface area contributed by atoms with Crippen LogP contribution in [0.25, 0.3) is 0 Å². The summed E-state index contributed by atoms with van der Waals surface area (Å²) in [6.45, 7) is 3.16. The summed E-state index contributed by atoms with van der Waals surface area (Å²) in [7, 11) is 0. The van der Waals surface area contributed by atoms with Gasteiger partial charge in [0.05, 0.1) is 21.9 Å². The van der Waals surface area contributed by atoms with Gasteiger partial charge in [-0.15, -0.1) is 0 Å². The lowest BCUT2D eigenvalue weighted by atomic mass is 10.1. The third-order valence-electron chi connectivity index (χ3n) is 3.72. The van der Waals surface area contributed by atoms with Crippen LogP contribution in [0.15, 0.2) is 28.9 Å². The van der Waals surface area contributed by atoms with Gasteiger partial charge in [-0.05, 0) is 47.3 Å². The Labute approximate surface area is 127 Å². The average Bonchev–Trinajstić information content (AvgIpc) is 2.83. The largest absolute Gasteiger partial charge is 0.369 e. The highest BCUT2D eigenvalue weighted by molar-refractivity contribution is 9.10. The van der Waals surface area contributed by atoms with Crippen LogP contribution < -0.4 is 5.32 Å². The Balaban J connectivity index is 1.96. The van der Waals surface area contributed by atoms with Gasteiger partial charge >= 0.3 is 0 Å². The Morgan fingerprint density at radius 2 is 2.35 bits per heavy atom. The molecule has 4 nitrogen and oxygen atoms in total. The van der Waals surface area contributed by atoms with Crippen molar-refractivity contribution in [2.24, 2.45) is 0 Å². The maximum Gasteiger partial charge on any atom is 0.139 e. The molecule has 1 aliphatic heterocycles. The van der Waals surface area contributed by atoms with Crippen LogP contribution in [-0.4, -0.2) is 21.3 Å². The lowest BCUT2D eigenvalue weighted by Crippen LogP contribution is -2.25. The maximum atomic E-state index is 4.81. The number of nitrogens with zero attached hydrogens (tertiary/aromatic N) is 3. The second-order valence-corrected chi connectivity index (χ2v) is 5.94. The van der Waals surface area contributed by atoms with Crippen molar-refractivity contribution < 1.29 is 0 Å². The number of pyridine rings is 1. The van der Waals surface area contributed by atoms with E-state index in [1.54, 1.807) is 0 Å². The lowest BCUT2D eigenvalue weighted by molar-refractivity contribution is 0.467. The van der Waals surface area contributed by atoms with Crippen molar-refractivity contribution in [3.05, 3.63) is 40.3 Å². The summed E-state index contributed by atoms with van der Waals surface area (Å²) in [4.78, 5) is 4.50. The number of unbranched alkanes of at least 4 members (excludes halogenated alkanes) is 1. The minimum Gasteiger partial charge on any atom is -0.369 e. The molecule has 5 heteroatoms. The molecule has 0 aliphatic carbocycles. The molecule has 0 fully saturated rings. The van der Waals surface area contributed by atoms with Crippen LogP contribution in [0.4, 0.5) is 5.82 Å². The predicted octanol–water partition coefficient (Wildman–Crippen LogP) is 3.79. The van der Waals surface area contributed by atoms with Gasteiger partial charge < -0.3 is 5.32 Å². The van der Waals surface area contributed by atoms with Gasteiger partial charge in [-0.1, -0.05) is 19.4 Å². The summed E-state index contributed by atoms with van der Waals surface area (Å²) in [6, 6.07) is 6.32. The van der Waals surface area contributed by atoms with Gasteiger partial charge in [0.15, 0.2) is 0 Å². The van der Waals surface area contributed by atoms with E-state index in [9.17, 15) is 0 Å². The van der Waals surface area contributed by atoms with Crippen LogP contribution in [0, 0.1) is 0 Å². The Morgan fingerprint density at radius 1 is 1.45 bits per heavy atom. The Hall–Kier alpha value is -1.36. The first-order valence-corrected chi connectivity index (χ1v) is 8.02. The second-order valence-electron chi connectivity index (χ2n) is 5.14. The molecule has 1 unspecified atom stereocenters. The minimum atomic E-state index is 0.235. The summed E-state index contributed by atoms with van der Waals surface area (Å²) < 4.78 is 3.22. The van der Waals surface area contributed by atoms with Crippen LogP contribution in [-0.2, 0) is 6.42 Å². The summed E-state index contributed by atoms with van der Waals surface area (Å²) in [5, 5.41) is 8.27. The molecule has 1 N–H and O–H groups in total. The quantitative estimate of drug-likeness (QED) is 0.924. The van der Waals surface area contributed by atoms with E-state index in [0.717, 1.165) is 41.1 Å². The standard InChI is InChI=1S/C15H19BrN4/c1-2-3-6-12-14(16)15-18-10-8-13(20(15)19-12)11-7-4-5-9-17-11/h4-5,7,9,13,18H,2-3,6,8,10H2,1H3. The van der Waals surface area contributed by atoms with E-state index in [4.69, 9.17) is 5.10 Å². The maximum absolute atomic E-state index is 4.81. The highest BCUT2D eigenvalue weighted by atomic mass is 79.9. The van der Waals surface area contributed by atoms with Gasteiger partial charge in [-0.25, -0.2) is 4.68 Å². The summed E-state index contributed by atoms with van der Waals surface area (Å²) in [6.07, 6.45) is 6.25. The first-order chi connectivity index (χ1) is 9.81. The van der Waals surface area contributed by atoms with Gasteiger partial charge in [-0.2, -0.15) is 5.10 Å². The molecule has 0 saturated carbocycles. The number of halogens is 1. The van der Waals surface area contributed by atoms with Crippen LogP contribution in [0.1, 0.15) is 43.6 Å². The van der Waals surface area contributed by atoms with E-state index in [-0.39, 0.29) is 6.04 Å². The monoisotopic (exact) mass is 334 g/mol. The number of hydrogen-bond acceptors (Lipinski definition) is 3. The van der Waals surface area contributed by atoms with Crippen LogP contribution in [0.3, 0.4) is 0 Å². The Kier molecular flexibility index (Phi) is 4.05. The molecular formula is C15H19BrN4. The molecule has 0 aromatic carbocycles. The molecule has 0 spiro atoms. The third kappa shape index (κ3) is 2.46. The topological polar surface area (TPSA) is 42.7 Å². The van der Waals surface area contributed by atoms with Crippen LogP contribution in [0.5, 0.6) is 0 Å². The zero-order valence-corrected chi connectivity index (χ0v) is 13.2. The van der Waals surface area contributed by atoms with Crippen molar-refractivity contribution in [1.82, 2.24) is 14.8 Å². The summed E-state index contributed by atoms with van der Waals surface area (Å²) in [5.41, 5.74) is 2.24. The molecule has 2 aromatic rings. The van der Waals surface area contributed by atoms with Gasteiger partial charge in [0, 0.05) is 12.7 Å². The van der Waals surface area contributed by atoms with Crippen molar-refractivity contribution in [1.29, 1.82) is 0 Å². The molecular weight excluding hydrogens is 316 g/mol. The van der Waals surface area contributed by atoms with E-state index < -0.39 is 0 Å². The number of anilines is 1. The van der Waals surface area contributed by atoms with E-state index in [2.05, 4.69) is 43.9 Å². The van der Waals surface area contributed by atoms with Gasteiger partial charge in [0.25, 0.3) is 0 Å². The number of nitrogens with one attached hydrogen (secondary N) is 1. The molecule has 3 rings (SSSR count). The number of hydrogen-bond donors (Lipinski definition) is 1. The minimum absolute atomic E-state index is 0.235. The van der Waals surface area contributed by atoms with Crippen molar-refractivity contribution in [3.63, 3.8) is 0 Å². The fourth-order valence-electron chi connectivity index (χ4n) is 2.65. The normalized spacial score (nSPS) is 17.6. The van der Waals surface area contributed by atoms with Gasteiger partial charge in [0.1, 0.15) is 5.82 Å².